The van der Waals surface area contributed by atoms with Gasteiger partial charge in [0.25, 0.3) is 0 Å². The van der Waals surface area contributed by atoms with Crippen molar-refractivity contribution in [3.63, 3.8) is 0 Å². The maximum absolute atomic E-state index is 14.5. The van der Waals surface area contributed by atoms with Crippen molar-refractivity contribution in [3.8, 4) is 0 Å². The third kappa shape index (κ3) is 10.3. The van der Waals surface area contributed by atoms with Gasteiger partial charge in [-0.2, -0.15) is 0 Å². The number of carboxylic acid groups (broad SMARTS) is 1. The number of nitrogens with one attached hydrogen (secondary N) is 2. The van der Waals surface area contributed by atoms with E-state index in [-0.39, 0.29) is 49.1 Å². The minimum atomic E-state index is -1.02. The van der Waals surface area contributed by atoms with Gasteiger partial charge >= 0.3 is 5.97 Å². The number of nitrogens with zero attached hydrogens (tertiary/aromatic N) is 2. The molecule has 12 heteroatoms. The van der Waals surface area contributed by atoms with Crippen LogP contribution in [0.4, 0.5) is 0 Å². The van der Waals surface area contributed by atoms with Gasteiger partial charge in [-0.05, 0) is 75.5 Å². The first-order valence-electron chi connectivity index (χ1n) is 19.0. The number of carbonyl (C=O) groups is 5. The molecule has 0 radical (unpaired) electrons. The van der Waals surface area contributed by atoms with Crippen molar-refractivity contribution < 1.29 is 29.1 Å². The van der Waals surface area contributed by atoms with Crippen LogP contribution in [0.15, 0.2) is 60.7 Å². The number of carboxylic acids is 1. The summed E-state index contributed by atoms with van der Waals surface area (Å²) in [4.78, 5) is 71.6. The third-order valence-corrected chi connectivity index (χ3v) is 11.2. The summed E-state index contributed by atoms with van der Waals surface area (Å²) in [5.41, 5.74) is 12.9. The first-order valence-corrected chi connectivity index (χ1v) is 19.0. The molecule has 2 aliphatic heterocycles. The molecule has 3 amide bonds. The van der Waals surface area contributed by atoms with E-state index in [1.54, 1.807) is 4.90 Å². The van der Waals surface area contributed by atoms with Crippen molar-refractivity contribution in [1.82, 2.24) is 20.4 Å². The highest BCUT2D eigenvalue weighted by Gasteiger charge is 2.46. The number of carbonyl (C=O) groups excluding carboxylic acids is 4. The van der Waals surface area contributed by atoms with Crippen molar-refractivity contribution in [2.75, 3.05) is 26.2 Å². The van der Waals surface area contributed by atoms with Crippen molar-refractivity contribution in [1.29, 1.82) is 0 Å². The zero-order chi connectivity index (χ0) is 37.1. The number of nitrogens with two attached hydrogens (primary N) is 2. The fraction of sp³-hybridized carbons (Fsp3) is 0.575. The Hall–Kier alpha value is -4.13. The summed E-state index contributed by atoms with van der Waals surface area (Å²) in [6.45, 7) is 1.26. The van der Waals surface area contributed by atoms with Gasteiger partial charge in [-0.15, -0.1) is 0 Å². The number of hydrogen-bond donors (Lipinski definition) is 5. The minimum Gasteiger partial charge on any atom is -0.480 e. The lowest BCUT2D eigenvalue weighted by molar-refractivity contribution is -0.146. The van der Waals surface area contributed by atoms with Gasteiger partial charge in [-0.1, -0.05) is 79.9 Å². The van der Waals surface area contributed by atoms with Crippen LogP contribution in [0.5, 0.6) is 0 Å². The second-order valence-electron chi connectivity index (χ2n) is 15.0. The first-order chi connectivity index (χ1) is 25.1. The average Bonchev–Trinajstić information content (AvgIpc) is 3.35. The van der Waals surface area contributed by atoms with Gasteiger partial charge in [0.05, 0.1) is 24.0 Å². The van der Waals surface area contributed by atoms with Gasteiger partial charge in [-0.3, -0.25) is 28.9 Å². The zero-order valence-corrected chi connectivity index (χ0v) is 30.2. The Kier molecular flexibility index (Phi) is 14.0. The molecule has 2 saturated heterocycles. The van der Waals surface area contributed by atoms with Crippen molar-refractivity contribution in [3.05, 3.63) is 71.8 Å². The van der Waals surface area contributed by atoms with E-state index in [1.807, 2.05) is 65.6 Å². The van der Waals surface area contributed by atoms with Crippen LogP contribution in [-0.2, 0) is 36.8 Å². The maximum Gasteiger partial charge on any atom is 0.317 e. The summed E-state index contributed by atoms with van der Waals surface area (Å²) in [7, 11) is 0. The summed E-state index contributed by atoms with van der Waals surface area (Å²) < 4.78 is 0. The molecule has 12 nitrogen and oxygen atoms in total. The number of unbranched alkanes of at least 4 members (excludes halogenated alkanes) is 1. The third-order valence-electron chi connectivity index (χ3n) is 11.2. The van der Waals surface area contributed by atoms with Crippen LogP contribution in [0.25, 0.3) is 0 Å². The van der Waals surface area contributed by atoms with E-state index in [1.165, 1.54) is 0 Å². The second kappa shape index (κ2) is 18.6. The number of ketones is 1. The molecule has 2 bridgehead atoms. The molecule has 5 atom stereocenters. The predicted molar refractivity (Wildman–Crippen MR) is 198 cm³/mol. The number of Topliss-reactive ketones (excluding diaryl/α,β-unsaturated/α-hetero) is 1. The lowest BCUT2D eigenvalue weighted by Crippen LogP contribution is -2.60. The predicted octanol–water partition coefficient (Wildman–Crippen LogP) is 2.57. The van der Waals surface area contributed by atoms with E-state index in [4.69, 9.17) is 11.5 Å². The number of likely N-dealkylation sites (tertiary alicyclic amines) is 1. The van der Waals surface area contributed by atoms with Crippen LogP contribution in [0.3, 0.4) is 0 Å². The highest BCUT2D eigenvalue weighted by molar-refractivity contribution is 5.96. The minimum absolute atomic E-state index is 0.0286. The SMILES string of the molecule is NCCCCC(NC(=O)C1(CC(=O)C(Cc2ccccc2)NC(=O)C(N)Cc2ccccc2)CCCCC1)C(=O)N1CC2CCC(C1)N2CC(=O)O. The number of benzene rings is 2. The zero-order valence-electron chi connectivity index (χ0n) is 30.2. The summed E-state index contributed by atoms with van der Waals surface area (Å²) in [5, 5.41) is 15.5. The molecule has 5 unspecified atom stereocenters. The highest BCUT2D eigenvalue weighted by Crippen LogP contribution is 2.41. The Labute approximate surface area is 307 Å². The lowest BCUT2D eigenvalue weighted by Gasteiger charge is -2.42. The van der Waals surface area contributed by atoms with Crippen molar-refractivity contribution in [2.24, 2.45) is 16.9 Å². The van der Waals surface area contributed by atoms with Gasteiger partial charge in [0.2, 0.25) is 17.7 Å². The second-order valence-corrected chi connectivity index (χ2v) is 15.0. The van der Waals surface area contributed by atoms with E-state index in [0.717, 1.165) is 43.2 Å². The average molecular weight is 717 g/mol. The molecule has 2 aromatic carbocycles. The fourth-order valence-electron chi connectivity index (χ4n) is 8.37. The molecule has 1 saturated carbocycles. The van der Waals surface area contributed by atoms with Crippen molar-refractivity contribution in [2.45, 2.75) is 114 Å². The van der Waals surface area contributed by atoms with Crippen LogP contribution in [0.2, 0.25) is 0 Å². The van der Waals surface area contributed by atoms with Crippen LogP contribution in [-0.4, -0.2) is 101 Å². The van der Waals surface area contributed by atoms with E-state index in [0.29, 0.717) is 58.2 Å². The molecule has 0 aromatic heterocycles. The number of rotatable bonds is 18. The standard InChI is InChI=1S/C40H56N6O6/c41-21-11-8-16-33(38(51)45-25-30-17-18-31(26-45)46(30)27-36(48)49)44-39(52)40(19-9-3-10-20-40)24-35(47)34(23-29-14-6-2-7-15-29)43-37(50)32(42)22-28-12-4-1-5-13-28/h1-2,4-7,12-15,30-34H,3,8-11,16-27,41-42H2,(H,43,50)(H,44,52)(H,48,49). The Morgan fingerprint density at radius 1 is 0.808 bits per heavy atom. The molecule has 5 rings (SSSR count). The smallest absolute Gasteiger partial charge is 0.317 e. The summed E-state index contributed by atoms with van der Waals surface area (Å²) in [6.07, 6.45) is 7.46. The van der Waals surface area contributed by atoms with Gasteiger partial charge < -0.3 is 32.1 Å². The van der Waals surface area contributed by atoms with Gasteiger partial charge in [0.15, 0.2) is 5.78 Å². The van der Waals surface area contributed by atoms with E-state index < -0.39 is 35.4 Å². The molecular weight excluding hydrogens is 660 g/mol. The Morgan fingerprint density at radius 3 is 1.98 bits per heavy atom. The Balaban J connectivity index is 1.32. The first kappa shape index (κ1) is 39.1. The summed E-state index contributed by atoms with van der Waals surface area (Å²) in [5.74, 6) is -2.01. The molecule has 3 aliphatic rings. The largest absolute Gasteiger partial charge is 0.480 e. The lowest BCUT2D eigenvalue weighted by atomic mass is 9.69. The number of aliphatic carboxylic acids is 1. The molecule has 0 spiro atoms. The number of piperazine rings is 1. The summed E-state index contributed by atoms with van der Waals surface area (Å²) in [6, 6.07) is 16.4. The van der Waals surface area contributed by atoms with Gasteiger partial charge in [0, 0.05) is 31.6 Å². The fourth-order valence-corrected chi connectivity index (χ4v) is 8.37. The highest BCUT2D eigenvalue weighted by atomic mass is 16.4. The van der Waals surface area contributed by atoms with Crippen LogP contribution in [0, 0.1) is 5.41 Å². The van der Waals surface area contributed by atoms with Crippen LogP contribution in [0.1, 0.15) is 81.8 Å². The Morgan fingerprint density at radius 2 is 1.40 bits per heavy atom. The molecule has 7 N–H and O–H groups in total. The number of hydrogen-bond acceptors (Lipinski definition) is 8. The summed E-state index contributed by atoms with van der Waals surface area (Å²) >= 11 is 0. The Bertz CT molecular complexity index is 1500. The van der Waals surface area contributed by atoms with Crippen LogP contribution >= 0.6 is 0 Å². The normalized spacial score (nSPS) is 21.5. The van der Waals surface area contributed by atoms with Crippen LogP contribution < -0.4 is 22.1 Å². The topological polar surface area (TPSA) is 188 Å². The molecule has 1 aliphatic carbocycles. The molecule has 2 heterocycles. The van der Waals surface area contributed by atoms with E-state index >= 15 is 0 Å². The van der Waals surface area contributed by atoms with Gasteiger partial charge in [0.1, 0.15) is 6.04 Å². The van der Waals surface area contributed by atoms with Crippen molar-refractivity contribution >= 4 is 29.5 Å². The number of fused-ring (bicyclic) bond motifs is 2. The van der Waals surface area contributed by atoms with E-state index in [9.17, 15) is 29.1 Å². The molecule has 2 aromatic rings. The van der Waals surface area contributed by atoms with Gasteiger partial charge in [-0.25, -0.2) is 0 Å². The quantitative estimate of drug-likeness (QED) is 0.145. The monoisotopic (exact) mass is 716 g/mol. The number of amides is 3. The maximum atomic E-state index is 14.5. The molecular formula is C40H56N6O6. The molecule has 52 heavy (non-hydrogen) atoms. The molecule has 3 fully saturated rings. The molecule has 282 valence electrons. The van der Waals surface area contributed by atoms with E-state index in [2.05, 4.69) is 10.6 Å².